The van der Waals surface area contributed by atoms with E-state index in [2.05, 4.69) is 32.7 Å². The average Bonchev–Trinajstić information content (AvgIpc) is 2.91. The van der Waals surface area contributed by atoms with Gasteiger partial charge in [-0.05, 0) is 24.1 Å². The second-order valence-corrected chi connectivity index (χ2v) is 5.24. The number of allylic oxidation sites excluding steroid dienone is 8. The highest BCUT2D eigenvalue weighted by Gasteiger charge is 2.18. The lowest BCUT2D eigenvalue weighted by Gasteiger charge is -2.17. The van der Waals surface area contributed by atoms with Crippen molar-refractivity contribution in [3.8, 4) is 0 Å². The van der Waals surface area contributed by atoms with E-state index < -0.39 is 0 Å². The molecule has 2 aromatic rings. The molecule has 0 saturated carbocycles. The third kappa shape index (κ3) is 2.14. The summed E-state index contributed by atoms with van der Waals surface area (Å²) < 4.78 is 0. The zero-order chi connectivity index (χ0) is 14.1. The Bertz CT molecular complexity index is 806. The molecule has 2 aromatic heterocycles. The zero-order valence-corrected chi connectivity index (χ0v) is 11.6. The summed E-state index contributed by atoms with van der Waals surface area (Å²) >= 11 is 0. The Labute approximate surface area is 123 Å². The number of hydrogen-bond donors (Lipinski definition) is 2. The molecule has 0 spiro atoms. The lowest BCUT2D eigenvalue weighted by atomic mass is 9.96. The van der Waals surface area contributed by atoms with Crippen molar-refractivity contribution in [3.05, 3.63) is 65.5 Å². The Morgan fingerprint density at radius 2 is 1.95 bits per heavy atom. The highest BCUT2D eigenvalue weighted by molar-refractivity contribution is 5.94. The van der Waals surface area contributed by atoms with Gasteiger partial charge in [0.2, 0.25) is 0 Å². The first-order valence-electron chi connectivity index (χ1n) is 7.21. The van der Waals surface area contributed by atoms with E-state index in [9.17, 15) is 0 Å². The Kier molecular flexibility index (Phi) is 3.01. The summed E-state index contributed by atoms with van der Waals surface area (Å²) in [6.07, 6.45) is 17.3. The normalized spacial score (nSPS) is 24.5. The second kappa shape index (κ2) is 5.14. The van der Waals surface area contributed by atoms with Crippen LogP contribution in [-0.4, -0.2) is 21.7 Å². The minimum absolute atomic E-state index is 0.807. The Balaban J connectivity index is 1.93. The molecule has 0 aromatic carbocycles. The van der Waals surface area contributed by atoms with Gasteiger partial charge in [0.25, 0.3) is 0 Å². The van der Waals surface area contributed by atoms with Gasteiger partial charge in [-0.15, -0.1) is 0 Å². The molecule has 4 nitrogen and oxygen atoms in total. The first-order valence-corrected chi connectivity index (χ1v) is 7.21. The number of pyridine rings is 1. The standard InChI is InChI=1S/C17H16N4/c1-2-4-6-12(7-5-3-1)16-15-14-8-9-18-10-13(14)11-19-17(15)21-20-16/h1-7,11,18H,8-10H2,(H,19,20,21)/b2-1+,3-1?,4-2?,5-3-,6-4+,7-5?,12-6?,12-7+. The third-order valence-electron chi connectivity index (χ3n) is 3.93. The van der Waals surface area contributed by atoms with E-state index in [1.807, 2.05) is 36.6 Å². The molecule has 2 aliphatic rings. The molecular weight excluding hydrogens is 260 g/mol. The smallest absolute Gasteiger partial charge is 0.181 e. The van der Waals surface area contributed by atoms with Crippen LogP contribution in [0.15, 0.2) is 48.7 Å². The minimum Gasteiger partial charge on any atom is -0.312 e. The summed E-state index contributed by atoms with van der Waals surface area (Å²) in [5.74, 6) is 0. The van der Waals surface area contributed by atoms with Crippen molar-refractivity contribution in [1.82, 2.24) is 20.5 Å². The Hall–Kier alpha value is -2.46. The lowest BCUT2D eigenvalue weighted by molar-refractivity contribution is 0.645. The van der Waals surface area contributed by atoms with Crippen molar-refractivity contribution in [2.75, 3.05) is 6.54 Å². The number of aromatic amines is 1. The van der Waals surface area contributed by atoms with Gasteiger partial charge in [-0.25, -0.2) is 4.98 Å². The van der Waals surface area contributed by atoms with E-state index in [1.54, 1.807) is 0 Å². The molecule has 0 atom stereocenters. The minimum atomic E-state index is 0.807. The van der Waals surface area contributed by atoms with Gasteiger partial charge in [-0.2, -0.15) is 5.10 Å². The SMILES string of the molecule is C1=C\C=C(c2[nH]nc3ncc4c(c23)CCNC4)/C=C/C=C/1. The zero-order valence-electron chi connectivity index (χ0n) is 11.6. The number of rotatable bonds is 1. The molecule has 2 N–H and O–H groups in total. The van der Waals surface area contributed by atoms with Gasteiger partial charge in [-0.1, -0.05) is 42.5 Å². The van der Waals surface area contributed by atoms with Crippen molar-refractivity contribution >= 4 is 16.6 Å². The molecule has 4 rings (SSSR count). The van der Waals surface area contributed by atoms with Gasteiger partial charge < -0.3 is 5.32 Å². The molecule has 21 heavy (non-hydrogen) atoms. The van der Waals surface area contributed by atoms with Crippen LogP contribution in [-0.2, 0) is 13.0 Å². The molecular formula is C17H16N4. The Morgan fingerprint density at radius 3 is 2.95 bits per heavy atom. The van der Waals surface area contributed by atoms with Crippen LogP contribution in [0.1, 0.15) is 16.8 Å². The van der Waals surface area contributed by atoms with Crippen molar-refractivity contribution in [1.29, 1.82) is 0 Å². The summed E-state index contributed by atoms with van der Waals surface area (Å²) in [6.45, 7) is 1.90. The molecule has 0 fully saturated rings. The van der Waals surface area contributed by atoms with E-state index in [-0.39, 0.29) is 0 Å². The van der Waals surface area contributed by atoms with E-state index in [1.165, 1.54) is 16.5 Å². The number of aromatic nitrogens is 3. The summed E-state index contributed by atoms with van der Waals surface area (Å²) in [4.78, 5) is 4.49. The maximum atomic E-state index is 4.49. The first-order chi connectivity index (χ1) is 10.4. The predicted molar refractivity (Wildman–Crippen MR) is 84.7 cm³/mol. The monoisotopic (exact) mass is 276 g/mol. The molecule has 104 valence electrons. The first kappa shape index (κ1) is 12.3. The lowest BCUT2D eigenvalue weighted by Crippen LogP contribution is -2.24. The topological polar surface area (TPSA) is 53.6 Å². The fourth-order valence-electron chi connectivity index (χ4n) is 2.91. The molecule has 0 bridgehead atoms. The maximum Gasteiger partial charge on any atom is 0.181 e. The predicted octanol–water partition coefficient (Wildman–Crippen LogP) is 2.67. The Morgan fingerprint density at radius 1 is 1.05 bits per heavy atom. The number of hydrogen-bond acceptors (Lipinski definition) is 3. The van der Waals surface area contributed by atoms with Crippen LogP contribution in [0, 0.1) is 0 Å². The highest BCUT2D eigenvalue weighted by atomic mass is 15.1. The van der Waals surface area contributed by atoms with Gasteiger partial charge in [-0.3, -0.25) is 5.10 Å². The van der Waals surface area contributed by atoms with Crippen molar-refractivity contribution in [2.45, 2.75) is 13.0 Å². The van der Waals surface area contributed by atoms with Crippen LogP contribution in [0.2, 0.25) is 0 Å². The number of fused-ring (bicyclic) bond motifs is 3. The summed E-state index contributed by atoms with van der Waals surface area (Å²) in [6, 6.07) is 0. The molecule has 3 heterocycles. The van der Waals surface area contributed by atoms with Crippen LogP contribution in [0.25, 0.3) is 16.6 Å². The second-order valence-electron chi connectivity index (χ2n) is 5.24. The van der Waals surface area contributed by atoms with E-state index in [4.69, 9.17) is 0 Å². The molecule has 0 saturated heterocycles. The van der Waals surface area contributed by atoms with Crippen LogP contribution < -0.4 is 5.32 Å². The van der Waals surface area contributed by atoms with Gasteiger partial charge in [0, 0.05) is 18.3 Å². The summed E-state index contributed by atoms with van der Waals surface area (Å²) in [5, 5.41) is 12.1. The quantitative estimate of drug-likeness (QED) is 0.842. The molecule has 0 amide bonds. The van der Waals surface area contributed by atoms with Gasteiger partial charge >= 0.3 is 0 Å². The summed E-state index contributed by atoms with van der Waals surface area (Å²) in [5.41, 5.74) is 5.65. The molecule has 1 aliphatic carbocycles. The fourth-order valence-corrected chi connectivity index (χ4v) is 2.91. The number of nitrogens with zero attached hydrogens (tertiary/aromatic N) is 2. The number of nitrogens with one attached hydrogen (secondary N) is 2. The van der Waals surface area contributed by atoms with Crippen LogP contribution in [0.4, 0.5) is 0 Å². The molecule has 1 aliphatic heterocycles. The summed E-state index contributed by atoms with van der Waals surface area (Å²) in [7, 11) is 0. The van der Waals surface area contributed by atoms with Crippen LogP contribution in [0.3, 0.4) is 0 Å². The third-order valence-corrected chi connectivity index (χ3v) is 3.93. The van der Waals surface area contributed by atoms with Gasteiger partial charge in [0.15, 0.2) is 5.65 Å². The molecule has 4 heteroatoms. The van der Waals surface area contributed by atoms with Gasteiger partial charge in [0.05, 0.1) is 11.1 Å². The fraction of sp³-hybridized carbons (Fsp3) is 0.176. The van der Waals surface area contributed by atoms with E-state index >= 15 is 0 Å². The van der Waals surface area contributed by atoms with E-state index in [0.29, 0.717) is 0 Å². The van der Waals surface area contributed by atoms with Crippen LogP contribution >= 0.6 is 0 Å². The van der Waals surface area contributed by atoms with Crippen molar-refractivity contribution in [3.63, 3.8) is 0 Å². The van der Waals surface area contributed by atoms with Gasteiger partial charge in [0.1, 0.15) is 0 Å². The van der Waals surface area contributed by atoms with Crippen molar-refractivity contribution < 1.29 is 0 Å². The van der Waals surface area contributed by atoms with E-state index in [0.717, 1.165) is 36.4 Å². The maximum absolute atomic E-state index is 4.49. The largest absolute Gasteiger partial charge is 0.312 e. The van der Waals surface area contributed by atoms with Crippen molar-refractivity contribution in [2.24, 2.45) is 0 Å². The molecule has 0 unspecified atom stereocenters. The average molecular weight is 276 g/mol. The highest BCUT2D eigenvalue weighted by Crippen LogP contribution is 2.29. The molecule has 0 radical (unpaired) electrons. The van der Waals surface area contributed by atoms with Crippen LogP contribution in [0.5, 0.6) is 0 Å². The number of H-pyrrole nitrogens is 1.